The standard InChI is InChI=1S/C12H18N2O/c15-9-7-12-13-8-6-11(14-12)10-4-2-1-3-5-10/h6,8,10,15H,1-5,7,9H2. The van der Waals surface area contributed by atoms with Gasteiger partial charge in [0.25, 0.3) is 0 Å². The van der Waals surface area contributed by atoms with Crippen molar-refractivity contribution >= 4 is 0 Å². The Labute approximate surface area is 90.6 Å². The minimum Gasteiger partial charge on any atom is -0.396 e. The molecule has 3 heteroatoms. The van der Waals surface area contributed by atoms with E-state index in [4.69, 9.17) is 5.11 Å². The molecule has 1 aliphatic carbocycles. The predicted molar refractivity (Wildman–Crippen MR) is 58.6 cm³/mol. The van der Waals surface area contributed by atoms with Gasteiger partial charge in [-0.3, -0.25) is 0 Å². The third-order valence-electron chi connectivity index (χ3n) is 3.09. The highest BCUT2D eigenvalue weighted by Gasteiger charge is 2.16. The lowest BCUT2D eigenvalue weighted by Crippen LogP contribution is -2.09. The maximum Gasteiger partial charge on any atom is 0.130 e. The van der Waals surface area contributed by atoms with Crippen LogP contribution in [0.3, 0.4) is 0 Å². The van der Waals surface area contributed by atoms with Gasteiger partial charge in [-0.15, -0.1) is 0 Å². The minimum absolute atomic E-state index is 0.133. The van der Waals surface area contributed by atoms with Crippen molar-refractivity contribution < 1.29 is 5.11 Å². The van der Waals surface area contributed by atoms with Crippen molar-refractivity contribution in [3.63, 3.8) is 0 Å². The lowest BCUT2D eigenvalue weighted by atomic mass is 9.87. The van der Waals surface area contributed by atoms with E-state index in [2.05, 4.69) is 9.97 Å². The third-order valence-corrected chi connectivity index (χ3v) is 3.09. The molecule has 0 spiro atoms. The number of aliphatic hydroxyl groups excluding tert-OH is 1. The van der Waals surface area contributed by atoms with E-state index in [1.165, 1.54) is 37.8 Å². The predicted octanol–water partition coefficient (Wildman–Crippen LogP) is 2.06. The number of aromatic nitrogens is 2. The Kier molecular flexibility index (Phi) is 3.67. The highest BCUT2D eigenvalue weighted by Crippen LogP contribution is 2.31. The van der Waals surface area contributed by atoms with Crippen LogP contribution in [0.1, 0.15) is 49.5 Å². The number of hydrogen-bond donors (Lipinski definition) is 1. The highest BCUT2D eigenvalue weighted by atomic mass is 16.3. The molecule has 1 fully saturated rings. The van der Waals surface area contributed by atoms with Gasteiger partial charge in [0.2, 0.25) is 0 Å². The van der Waals surface area contributed by atoms with Gasteiger partial charge >= 0.3 is 0 Å². The van der Waals surface area contributed by atoms with E-state index in [1.807, 2.05) is 12.3 Å². The average molecular weight is 206 g/mol. The summed E-state index contributed by atoms with van der Waals surface area (Å²) < 4.78 is 0. The van der Waals surface area contributed by atoms with Crippen LogP contribution in [-0.2, 0) is 6.42 Å². The van der Waals surface area contributed by atoms with Gasteiger partial charge in [0.15, 0.2) is 0 Å². The first-order valence-corrected chi connectivity index (χ1v) is 5.83. The van der Waals surface area contributed by atoms with Gasteiger partial charge in [-0.2, -0.15) is 0 Å². The Balaban J connectivity index is 2.09. The molecule has 2 rings (SSSR count). The Bertz CT molecular complexity index is 308. The molecule has 0 aliphatic heterocycles. The molecule has 0 aromatic carbocycles. The van der Waals surface area contributed by atoms with E-state index in [1.54, 1.807) is 0 Å². The second-order valence-corrected chi connectivity index (χ2v) is 4.21. The maximum absolute atomic E-state index is 8.84. The van der Waals surface area contributed by atoms with Crippen LogP contribution < -0.4 is 0 Å². The van der Waals surface area contributed by atoms with Crippen molar-refractivity contribution in [2.75, 3.05) is 6.61 Å². The molecule has 82 valence electrons. The second-order valence-electron chi connectivity index (χ2n) is 4.21. The van der Waals surface area contributed by atoms with Crippen molar-refractivity contribution in [1.29, 1.82) is 0 Å². The molecule has 1 aromatic rings. The average Bonchev–Trinajstić information content (AvgIpc) is 2.31. The summed E-state index contributed by atoms with van der Waals surface area (Å²) in [6, 6.07) is 2.02. The van der Waals surface area contributed by atoms with Crippen LogP contribution in [0.2, 0.25) is 0 Å². The van der Waals surface area contributed by atoms with Gasteiger partial charge in [-0.05, 0) is 18.9 Å². The summed E-state index contributed by atoms with van der Waals surface area (Å²) in [5.74, 6) is 1.40. The molecule has 0 radical (unpaired) electrons. The van der Waals surface area contributed by atoms with Crippen molar-refractivity contribution in [2.24, 2.45) is 0 Å². The van der Waals surface area contributed by atoms with Crippen molar-refractivity contribution in [3.8, 4) is 0 Å². The van der Waals surface area contributed by atoms with Gasteiger partial charge in [0.05, 0.1) is 6.61 Å². The first kappa shape index (κ1) is 10.6. The fraction of sp³-hybridized carbons (Fsp3) is 0.667. The number of nitrogens with zero attached hydrogens (tertiary/aromatic N) is 2. The Morgan fingerprint density at radius 3 is 2.80 bits per heavy atom. The van der Waals surface area contributed by atoms with Crippen LogP contribution in [0.4, 0.5) is 0 Å². The molecule has 1 N–H and O–H groups in total. The number of rotatable bonds is 3. The van der Waals surface area contributed by atoms with E-state index in [9.17, 15) is 0 Å². The Hall–Kier alpha value is -0.960. The molecule has 0 saturated heterocycles. The maximum atomic E-state index is 8.84. The molecule has 1 saturated carbocycles. The smallest absolute Gasteiger partial charge is 0.130 e. The van der Waals surface area contributed by atoms with Gasteiger partial charge < -0.3 is 5.11 Å². The first-order chi connectivity index (χ1) is 7.40. The summed E-state index contributed by atoms with van der Waals surface area (Å²) in [6.45, 7) is 0.133. The topological polar surface area (TPSA) is 46.0 Å². The summed E-state index contributed by atoms with van der Waals surface area (Å²) in [7, 11) is 0. The molecule has 3 nitrogen and oxygen atoms in total. The number of hydrogen-bond acceptors (Lipinski definition) is 3. The van der Waals surface area contributed by atoms with Crippen LogP contribution in [0.25, 0.3) is 0 Å². The van der Waals surface area contributed by atoms with Crippen LogP contribution >= 0.6 is 0 Å². The van der Waals surface area contributed by atoms with Gasteiger partial charge in [-0.1, -0.05) is 19.3 Å². The first-order valence-electron chi connectivity index (χ1n) is 5.83. The molecule has 1 heterocycles. The number of aliphatic hydroxyl groups is 1. The van der Waals surface area contributed by atoms with Crippen LogP contribution in [0, 0.1) is 0 Å². The van der Waals surface area contributed by atoms with E-state index in [-0.39, 0.29) is 6.61 Å². The molecule has 0 unspecified atom stereocenters. The van der Waals surface area contributed by atoms with Gasteiger partial charge in [-0.25, -0.2) is 9.97 Å². The summed E-state index contributed by atoms with van der Waals surface area (Å²) in [6.07, 6.45) is 8.92. The molecule has 0 atom stereocenters. The van der Waals surface area contributed by atoms with Crippen LogP contribution in [-0.4, -0.2) is 21.7 Å². The third kappa shape index (κ3) is 2.75. The van der Waals surface area contributed by atoms with Crippen molar-refractivity contribution in [2.45, 2.75) is 44.4 Å². The molecule has 15 heavy (non-hydrogen) atoms. The lowest BCUT2D eigenvalue weighted by molar-refractivity contribution is 0.296. The summed E-state index contributed by atoms with van der Waals surface area (Å²) in [5.41, 5.74) is 1.17. The molecular formula is C12H18N2O. The summed E-state index contributed by atoms with van der Waals surface area (Å²) in [5, 5.41) is 8.84. The SMILES string of the molecule is OCCc1nccc(C2CCCCC2)n1. The van der Waals surface area contributed by atoms with E-state index in [0.29, 0.717) is 12.3 Å². The fourth-order valence-corrected chi connectivity index (χ4v) is 2.26. The van der Waals surface area contributed by atoms with E-state index < -0.39 is 0 Å². The normalized spacial score (nSPS) is 17.9. The largest absolute Gasteiger partial charge is 0.396 e. The van der Waals surface area contributed by atoms with Gasteiger partial charge in [0.1, 0.15) is 5.82 Å². The van der Waals surface area contributed by atoms with E-state index >= 15 is 0 Å². The van der Waals surface area contributed by atoms with Crippen molar-refractivity contribution in [1.82, 2.24) is 9.97 Å². The van der Waals surface area contributed by atoms with Crippen LogP contribution in [0.5, 0.6) is 0 Å². The second kappa shape index (κ2) is 5.21. The van der Waals surface area contributed by atoms with Crippen LogP contribution in [0.15, 0.2) is 12.3 Å². The zero-order valence-electron chi connectivity index (χ0n) is 9.02. The van der Waals surface area contributed by atoms with E-state index in [0.717, 1.165) is 5.82 Å². The summed E-state index contributed by atoms with van der Waals surface area (Å²) >= 11 is 0. The molecule has 1 aromatic heterocycles. The Morgan fingerprint density at radius 1 is 1.27 bits per heavy atom. The highest BCUT2D eigenvalue weighted by molar-refractivity contribution is 5.09. The van der Waals surface area contributed by atoms with Crippen molar-refractivity contribution in [3.05, 3.63) is 23.8 Å². The molecular weight excluding hydrogens is 188 g/mol. The minimum atomic E-state index is 0.133. The molecule has 0 bridgehead atoms. The molecule has 0 amide bonds. The molecule has 1 aliphatic rings. The van der Waals surface area contributed by atoms with Gasteiger partial charge in [0, 0.05) is 24.2 Å². The fourth-order valence-electron chi connectivity index (χ4n) is 2.26. The quantitative estimate of drug-likeness (QED) is 0.823. The monoisotopic (exact) mass is 206 g/mol. The summed E-state index contributed by atoms with van der Waals surface area (Å²) in [4.78, 5) is 8.67. The lowest BCUT2D eigenvalue weighted by Gasteiger charge is -2.21. The zero-order chi connectivity index (χ0) is 10.5. The Morgan fingerprint density at radius 2 is 2.07 bits per heavy atom. The zero-order valence-corrected chi connectivity index (χ0v) is 9.02.